The summed E-state index contributed by atoms with van der Waals surface area (Å²) in [6.07, 6.45) is 2.84. The zero-order valence-corrected chi connectivity index (χ0v) is 11.5. The lowest BCUT2D eigenvalue weighted by Gasteiger charge is -2.08. The summed E-state index contributed by atoms with van der Waals surface area (Å²) in [7, 11) is 0. The Morgan fingerprint density at radius 1 is 1.57 bits per heavy atom. The Bertz CT molecular complexity index is 710. The van der Waals surface area contributed by atoms with E-state index in [1.807, 2.05) is 6.92 Å². The van der Waals surface area contributed by atoms with Gasteiger partial charge in [-0.15, -0.1) is 0 Å². The van der Waals surface area contributed by atoms with Crippen LogP contribution in [0.5, 0.6) is 0 Å². The highest BCUT2D eigenvalue weighted by molar-refractivity contribution is 5.93. The Kier molecular flexibility index (Phi) is 3.55. The first-order chi connectivity index (χ1) is 10.2. The number of halogens is 1. The largest absolute Gasteiger partial charge is 0.390 e. The van der Waals surface area contributed by atoms with Crippen molar-refractivity contribution in [2.75, 3.05) is 6.54 Å². The first-order valence-electron chi connectivity index (χ1n) is 6.81. The number of carbonyl (C=O) groups excluding carboxylic acids is 1. The number of aromatic nitrogens is 2. The molecule has 7 heteroatoms. The molecule has 1 atom stereocenters. The molecule has 0 aliphatic carbocycles. The molecule has 0 bridgehead atoms. The minimum Gasteiger partial charge on any atom is -0.390 e. The van der Waals surface area contributed by atoms with Crippen LogP contribution in [0.25, 0.3) is 5.65 Å². The van der Waals surface area contributed by atoms with E-state index in [0.29, 0.717) is 12.1 Å². The number of hydrogen-bond acceptors (Lipinski definition) is 4. The lowest BCUT2D eigenvalue weighted by atomic mass is 10.1. The fourth-order valence-corrected chi connectivity index (χ4v) is 2.21. The Morgan fingerprint density at radius 2 is 2.43 bits per heavy atom. The summed E-state index contributed by atoms with van der Waals surface area (Å²) in [5, 5.41) is 6.54. The second kappa shape index (κ2) is 5.51. The monoisotopic (exact) mass is 290 g/mol. The van der Waals surface area contributed by atoms with E-state index in [1.165, 1.54) is 10.6 Å². The van der Waals surface area contributed by atoms with Gasteiger partial charge in [0.05, 0.1) is 12.3 Å². The van der Waals surface area contributed by atoms with E-state index in [4.69, 9.17) is 4.84 Å². The van der Waals surface area contributed by atoms with Crippen LogP contribution in [0.15, 0.2) is 29.6 Å². The molecule has 0 unspecified atom stereocenters. The third-order valence-corrected chi connectivity index (χ3v) is 3.38. The molecule has 1 amide bonds. The predicted octanol–water partition coefficient (Wildman–Crippen LogP) is 1.76. The number of nitrogens with one attached hydrogen (secondary N) is 1. The van der Waals surface area contributed by atoms with Crippen molar-refractivity contribution in [2.45, 2.75) is 25.9 Å². The molecule has 1 N–H and O–H groups in total. The lowest BCUT2D eigenvalue weighted by molar-refractivity contribution is 0.0749. The van der Waals surface area contributed by atoms with Gasteiger partial charge in [0.1, 0.15) is 11.8 Å². The fourth-order valence-electron chi connectivity index (χ4n) is 2.21. The number of pyridine rings is 1. The number of imidazole rings is 1. The third kappa shape index (κ3) is 2.58. The van der Waals surface area contributed by atoms with Gasteiger partial charge >= 0.3 is 0 Å². The maximum absolute atomic E-state index is 14.1. The van der Waals surface area contributed by atoms with Crippen LogP contribution in [0.4, 0.5) is 4.39 Å². The highest BCUT2D eigenvalue weighted by atomic mass is 19.1. The van der Waals surface area contributed by atoms with Gasteiger partial charge in [-0.05, 0) is 18.6 Å². The summed E-state index contributed by atoms with van der Waals surface area (Å²) in [5.74, 6) is -1.22. The molecule has 3 rings (SSSR count). The minimum absolute atomic E-state index is 0.191. The molecular formula is C14H15FN4O2. The second-order valence-electron chi connectivity index (χ2n) is 4.83. The van der Waals surface area contributed by atoms with Gasteiger partial charge in [-0.2, -0.15) is 4.39 Å². The maximum atomic E-state index is 14.1. The summed E-state index contributed by atoms with van der Waals surface area (Å²) in [4.78, 5) is 21.2. The number of hydrogen-bond donors (Lipinski definition) is 1. The molecule has 1 aliphatic heterocycles. The molecule has 1 aliphatic rings. The number of oxime groups is 1. The first kappa shape index (κ1) is 13.5. The molecule has 0 radical (unpaired) electrons. The van der Waals surface area contributed by atoms with Crippen LogP contribution in [-0.2, 0) is 4.84 Å². The van der Waals surface area contributed by atoms with E-state index in [2.05, 4.69) is 15.5 Å². The van der Waals surface area contributed by atoms with Gasteiger partial charge in [0, 0.05) is 12.6 Å². The van der Waals surface area contributed by atoms with Crippen molar-refractivity contribution in [2.24, 2.45) is 5.16 Å². The molecule has 0 fully saturated rings. The Balaban J connectivity index is 1.66. The summed E-state index contributed by atoms with van der Waals surface area (Å²) in [6, 6.07) is 5.05. The highest BCUT2D eigenvalue weighted by Gasteiger charge is 2.23. The zero-order chi connectivity index (χ0) is 14.8. The maximum Gasteiger partial charge on any atom is 0.274 e. The van der Waals surface area contributed by atoms with Crippen LogP contribution >= 0.6 is 0 Å². The van der Waals surface area contributed by atoms with Crippen molar-refractivity contribution in [3.05, 3.63) is 36.0 Å². The van der Waals surface area contributed by atoms with Gasteiger partial charge in [0.25, 0.3) is 5.91 Å². The Labute approximate surface area is 120 Å². The van der Waals surface area contributed by atoms with Gasteiger partial charge in [-0.3, -0.25) is 9.20 Å². The minimum atomic E-state index is -0.666. The molecule has 6 nitrogen and oxygen atoms in total. The van der Waals surface area contributed by atoms with Crippen molar-refractivity contribution in [1.29, 1.82) is 0 Å². The average molecular weight is 290 g/mol. The van der Waals surface area contributed by atoms with Crippen LogP contribution in [-0.4, -0.2) is 33.7 Å². The van der Waals surface area contributed by atoms with Crippen molar-refractivity contribution >= 4 is 17.3 Å². The van der Waals surface area contributed by atoms with Crippen molar-refractivity contribution in [1.82, 2.24) is 14.7 Å². The SMILES string of the molecule is CCC1=NO[C@@H](CNC(=O)c2nc3ccccn3c2F)C1. The molecular weight excluding hydrogens is 275 g/mol. The molecule has 0 saturated carbocycles. The standard InChI is InChI=1S/C14H15FN4O2/c1-2-9-7-10(21-18-9)8-16-14(20)12-13(15)19-6-4-3-5-11(19)17-12/h3-6,10H,2,7-8H2,1H3,(H,16,20)/t10-/m1/s1. The topological polar surface area (TPSA) is 68.0 Å². The Morgan fingerprint density at radius 3 is 3.14 bits per heavy atom. The molecule has 21 heavy (non-hydrogen) atoms. The molecule has 3 heterocycles. The van der Waals surface area contributed by atoms with E-state index < -0.39 is 11.9 Å². The zero-order valence-electron chi connectivity index (χ0n) is 11.5. The number of fused-ring (bicyclic) bond motifs is 1. The molecule has 0 aromatic carbocycles. The quantitative estimate of drug-likeness (QED) is 0.933. The van der Waals surface area contributed by atoms with E-state index in [0.717, 1.165) is 12.1 Å². The smallest absolute Gasteiger partial charge is 0.274 e. The number of amides is 1. The van der Waals surface area contributed by atoms with Crippen molar-refractivity contribution in [3.63, 3.8) is 0 Å². The van der Waals surface area contributed by atoms with E-state index in [1.54, 1.807) is 18.2 Å². The number of rotatable bonds is 4. The summed E-state index contributed by atoms with van der Waals surface area (Å²) < 4.78 is 15.3. The average Bonchev–Trinajstić information content (AvgIpc) is 3.10. The summed E-state index contributed by atoms with van der Waals surface area (Å²) >= 11 is 0. The van der Waals surface area contributed by atoms with Crippen LogP contribution in [0.1, 0.15) is 30.3 Å². The van der Waals surface area contributed by atoms with Crippen LogP contribution in [0, 0.1) is 5.95 Å². The summed E-state index contributed by atoms with van der Waals surface area (Å²) in [5.41, 5.74) is 1.15. The number of nitrogens with zero attached hydrogens (tertiary/aromatic N) is 3. The van der Waals surface area contributed by atoms with Gasteiger partial charge in [-0.1, -0.05) is 18.1 Å². The molecule has 0 spiro atoms. The van der Waals surface area contributed by atoms with Gasteiger partial charge in [0.15, 0.2) is 5.69 Å². The lowest BCUT2D eigenvalue weighted by Crippen LogP contribution is -2.33. The fraction of sp³-hybridized carbons (Fsp3) is 0.357. The second-order valence-corrected chi connectivity index (χ2v) is 4.83. The molecule has 110 valence electrons. The van der Waals surface area contributed by atoms with Crippen LogP contribution in [0.2, 0.25) is 0 Å². The molecule has 2 aromatic heterocycles. The predicted molar refractivity (Wildman–Crippen MR) is 74.7 cm³/mol. The van der Waals surface area contributed by atoms with Gasteiger partial charge in [-0.25, -0.2) is 4.98 Å². The highest BCUT2D eigenvalue weighted by Crippen LogP contribution is 2.13. The van der Waals surface area contributed by atoms with Crippen molar-refractivity contribution < 1.29 is 14.0 Å². The van der Waals surface area contributed by atoms with Gasteiger partial charge in [0.2, 0.25) is 5.95 Å². The molecule has 2 aromatic rings. The van der Waals surface area contributed by atoms with E-state index in [-0.39, 0.29) is 18.3 Å². The Hall–Kier alpha value is -2.44. The van der Waals surface area contributed by atoms with Crippen LogP contribution < -0.4 is 5.32 Å². The number of carbonyl (C=O) groups is 1. The van der Waals surface area contributed by atoms with Crippen molar-refractivity contribution in [3.8, 4) is 0 Å². The summed E-state index contributed by atoms with van der Waals surface area (Å²) in [6.45, 7) is 2.27. The molecule has 0 saturated heterocycles. The van der Waals surface area contributed by atoms with E-state index in [9.17, 15) is 9.18 Å². The first-order valence-corrected chi connectivity index (χ1v) is 6.81. The van der Waals surface area contributed by atoms with Gasteiger partial charge < -0.3 is 10.2 Å². The third-order valence-electron chi connectivity index (χ3n) is 3.38. The van der Waals surface area contributed by atoms with Crippen LogP contribution in [0.3, 0.4) is 0 Å². The normalized spacial score (nSPS) is 17.6. The van der Waals surface area contributed by atoms with E-state index >= 15 is 0 Å².